The van der Waals surface area contributed by atoms with Gasteiger partial charge in [0, 0.05) is 31.9 Å². The third-order valence-electron chi connectivity index (χ3n) is 3.97. The van der Waals surface area contributed by atoms with Gasteiger partial charge in [0.2, 0.25) is 5.88 Å². The van der Waals surface area contributed by atoms with E-state index in [1.54, 1.807) is 24.3 Å². The first-order chi connectivity index (χ1) is 11.8. The highest BCUT2D eigenvalue weighted by molar-refractivity contribution is 5.76. The lowest BCUT2D eigenvalue weighted by Gasteiger charge is -2.32. The zero-order valence-corrected chi connectivity index (χ0v) is 15.4. The molecule has 7 nitrogen and oxygen atoms in total. The Labute approximate surface area is 148 Å². The quantitative estimate of drug-likeness (QED) is 0.844. The molecule has 2 amide bonds. The van der Waals surface area contributed by atoms with Gasteiger partial charge < -0.3 is 19.7 Å². The highest BCUT2D eigenvalue weighted by Gasteiger charge is 2.30. The van der Waals surface area contributed by atoms with Crippen molar-refractivity contribution in [3.05, 3.63) is 23.9 Å². The van der Waals surface area contributed by atoms with Gasteiger partial charge in [-0.15, -0.1) is 0 Å². The molecule has 0 aliphatic carbocycles. The third kappa shape index (κ3) is 5.92. The first-order valence-electron chi connectivity index (χ1n) is 8.53. The van der Waals surface area contributed by atoms with Gasteiger partial charge in [-0.05, 0) is 45.2 Å². The summed E-state index contributed by atoms with van der Waals surface area (Å²) in [6.07, 6.45) is 2.91. The first-order valence-corrected chi connectivity index (χ1v) is 8.53. The van der Waals surface area contributed by atoms with Crippen LogP contribution in [0, 0.1) is 5.92 Å². The van der Waals surface area contributed by atoms with Crippen LogP contribution in [-0.2, 0) is 16.1 Å². The molecule has 2 heterocycles. The third-order valence-corrected chi connectivity index (χ3v) is 3.97. The number of hydrogen-bond acceptors (Lipinski definition) is 5. The summed E-state index contributed by atoms with van der Waals surface area (Å²) < 4.78 is 10.5. The molecule has 2 rings (SSSR count). The van der Waals surface area contributed by atoms with E-state index in [9.17, 15) is 9.59 Å². The number of urea groups is 1. The van der Waals surface area contributed by atoms with E-state index in [-0.39, 0.29) is 17.9 Å². The van der Waals surface area contributed by atoms with Crippen molar-refractivity contribution in [3.8, 4) is 5.88 Å². The lowest BCUT2D eigenvalue weighted by atomic mass is 9.97. The van der Waals surface area contributed by atoms with Crippen molar-refractivity contribution in [1.82, 2.24) is 15.2 Å². The highest BCUT2D eigenvalue weighted by atomic mass is 16.6. The minimum Gasteiger partial charge on any atom is -0.481 e. The average molecular weight is 349 g/mol. The van der Waals surface area contributed by atoms with Crippen LogP contribution in [0.25, 0.3) is 0 Å². The van der Waals surface area contributed by atoms with Crippen molar-refractivity contribution in [2.24, 2.45) is 5.92 Å². The Morgan fingerprint density at radius 2 is 2.00 bits per heavy atom. The van der Waals surface area contributed by atoms with E-state index in [1.807, 2.05) is 26.8 Å². The van der Waals surface area contributed by atoms with Crippen LogP contribution < -0.4 is 10.1 Å². The SMILES string of the molecule is COc1cc(CNC(=O)N2CCC(C(=O)OC(C)(C)C)CC2)ccn1. The smallest absolute Gasteiger partial charge is 0.317 e. The fraction of sp³-hybridized carbons (Fsp3) is 0.611. The molecule has 0 aromatic carbocycles. The predicted octanol–water partition coefficient (Wildman–Crippen LogP) is 2.35. The van der Waals surface area contributed by atoms with E-state index >= 15 is 0 Å². The van der Waals surface area contributed by atoms with Crippen LogP contribution in [0.15, 0.2) is 18.3 Å². The fourth-order valence-corrected chi connectivity index (χ4v) is 2.66. The normalized spacial score (nSPS) is 15.6. The number of likely N-dealkylation sites (tertiary alicyclic amines) is 1. The molecule has 1 aliphatic rings. The van der Waals surface area contributed by atoms with E-state index < -0.39 is 5.60 Å². The van der Waals surface area contributed by atoms with Gasteiger partial charge >= 0.3 is 12.0 Å². The molecule has 25 heavy (non-hydrogen) atoms. The van der Waals surface area contributed by atoms with Gasteiger partial charge in [-0.3, -0.25) is 4.79 Å². The van der Waals surface area contributed by atoms with Gasteiger partial charge in [-0.25, -0.2) is 9.78 Å². The van der Waals surface area contributed by atoms with Crippen LogP contribution in [0.1, 0.15) is 39.2 Å². The Bertz CT molecular complexity index is 605. The second-order valence-corrected chi connectivity index (χ2v) is 7.16. The molecule has 1 aliphatic heterocycles. The first kappa shape index (κ1) is 19.0. The molecule has 0 bridgehead atoms. The van der Waals surface area contributed by atoms with Gasteiger partial charge in [0.1, 0.15) is 5.60 Å². The molecule has 1 aromatic heterocycles. The number of hydrogen-bond donors (Lipinski definition) is 1. The zero-order valence-electron chi connectivity index (χ0n) is 15.4. The number of esters is 1. The van der Waals surface area contributed by atoms with Crippen molar-refractivity contribution in [2.75, 3.05) is 20.2 Å². The average Bonchev–Trinajstić information content (AvgIpc) is 2.58. The van der Waals surface area contributed by atoms with E-state index in [0.717, 1.165) is 5.56 Å². The summed E-state index contributed by atoms with van der Waals surface area (Å²) >= 11 is 0. The molecule has 0 radical (unpaired) electrons. The minimum absolute atomic E-state index is 0.126. The molecule has 1 fully saturated rings. The second-order valence-electron chi connectivity index (χ2n) is 7.16. The number of pyridine rings is 1. The van der Waals surface area contributed by atoms with E-state index in [2.05, 4.69) is 10.3 Å². The van der Waals surface area contributed by atoms with Gasteiger partial charge in [-0.2, -0.15) is 0 Å². The predicted molar refractivity (Wildman–Crippen MR) is 93.2 cm³/mol. The summed E-state index contributed by atoms with van der Waals surface area (Å²) in [7, 11) is 1.56. The maximum absolute atomic E-state index is 12.3. The number of rotatable bonds is 4. The summed E-state index contributed by atoms with van der Waals surface area (Å²) in [5.41, 5.74) is 0.445. The molecular formula is C18H27N3O4. The molecule has 0 spiro atoms. The van der Waals surface area contributed by atoms with Crippen LogP contribution in [0.2, 0.25) is 0 Å². The van der Waals surface area contributed by atoms with Crippen molar-refractivity contribution >= 4 is 12.0 Å². The number of carbonyl (C=O) groups excluding carboxylic acids is 2. The molecule has 0 unspecified atom stereocenters. The molecule has 7 heteroatoms. The molecule has 1 aromatic rings. The maximum atomic E-state index is 12.3. The largest absolute Gasteiger partial charge is 0.481 e. The Kier molecular flexibility index (Phi) is 6.22. The molecule has 138 valence electrons. The van der Waals surface area contributed by atoms with Crippen LogP contribution >= 0.6 is 0 Å². The molecular weight excluding hydrogens is 322 g/mol. The van der Waals surface area contributed by atoms with Gasteiger partial charge in [0.05, 0.1) is 13.0 Å². The minimum atomic E-state index is -0.475. The molecule has 0 atom stereocenters. The Morgan fingerprint density at radius 1 is 1.32 bits per heavy atom. The highest BCUT2D eigenvalue weighted by Crippen LogP contribution is 2.21. The lowest BCUT2D eigenvalue weighted by Crippen LogP contribution is -2.45. The van der Waals surface area contributed by atoms with E-state index in [0.29, 0.717) is 38.4 Å². The van der Waals surface area contributed by atoms with Gasteiger partial charge in [0.15, 0.2) is 0 Å². The number of aromatic nitrogens is 1. The molecule has 1 saturated heterocycles. The van der Waals surface area contributed by atoms with E-state index in [1.165, 1.54) is 0 Å². The zero-order chi connectivity index (χ0) is 18.4. The van der Waals surface area contributed by atoms with E-state index in [4.69, 9.17) is 9.47 Å². The van der Waals surface area contributed by atoms with Crippen LogP contribution in [-0.4, -0.2) is 47.7 Å². The van der Waals surface area contributed by atoms with Crippen molar-refractivity contribution in [1.29, 1.82) is 0 Å². The number of methoxy groups -OCH3 is 1. The van der Waals surface area contributed by atoms with Gasteiger partial charge in [0.25, 0.3) is 0 Å². The Balaban J connectivity index is 1.78. The van der Waals surface area contributed by atoms with Crippen LogP contribution in [0.4, 0.5) is 4.79 Å². The summed E-state index contributed by atoms with van der Waals surface area (Å²) in [4.78, 5) is 30.2. The number of amides is 2. The maximum Gasteiger partial charge on any atom is 0.317 e. The number of nitrogens with zero attached hydrogens (tertiary/aromatic N) is 2. The number of ether oxygens (including phenoxy) is 2. The fourth-order valence-electron chi connectivity index (χ4n) is 2.66. The van der Waals surface area contributed by atoms with Crippen molar-refractivity contribution in [2.45, 2.75) is 45.8 Å². The van der Waals surface area contributed by atoms with Gasteiger partial charge in [-0.1, -0.05) is 0 Å². The standard InChI is InChI=1S/C18H27N3O4/c1-18(2,3)25-16(22)14-6-9-21(10-7-14)17(23)20-12-13-5-8-19-15(11-13)24-4/h5,8,11,14H,6-7,9-10,12H2,1-4H3,(H,20,23). The van der Waals surface area contributed by atoms with Crippen LogP contribution in [0.3, 0.4) is 0 Å². The summed E-state index contributed by atoms with van der Waals surface area (Å²) in [6, 6.07) is 3.49. The Hall–Kier alpha value is -2.31. The summed E-state index contributed by atoms with van der Waals surface area (Å²) in [5.74, 6) is 0.217. The summed E-state index contributed by atoms with van der Waals surface area (Å²) in [5, 5.41) is 2.89. The topological polar surface area (TPSA) is 80.8 Å². The van der Waals surface area contributed by atoms with Crippen molar-refractivity contribution in [3.63, 3.8) is 0 Å². The number of piperidine rings is 1. The number of nitrogens with one attached hydrogen (secondary N) is 1. The molecule has 1 N–H and O–H groups in total. The molecule has 0 saturated carbocycles. The Morgan fingerprint density at radius 3 is 2.60 bits per heavy atom. The van der Waals surface area contributed by atoms with Crippen molar-refractivity contribution < 1.29 is 19.1 Å². The van der Waals surface area contributed by atoms with Crippen LogP contribution in [0.5, 0.6) is 5.88 Å². The number of carbonyl (C=O) groups is 2. The summed E-state index contributed by atoms with van der Waals surface area (Å²) in [6.45, 7) is 7.10. The lowest BCUT2D eigenvalue weighted by molar-refractivity contribution is -0.161. The second kappa shape index (κ2) is 8.18. The monoisotopic (exact) mass is 349 g/mol.